The van der Waals surface area contributed by atoms with Crippen molar-refractivity contribution in [2.45, 2.75) is 6.92 Å². The number of hydrazine groups is 1. The Hall–Kier alpha value is -2.67. The van der Waals surface area contributed by atoms with E-state index in [1.54, 1.807) is 31.2 Å². The van der Waals surface area contributed by atoms with Crippen molar-refractivity contribution in [1.82, 2.24) is 9.97 Å². The maximum atomic E-state index is 11.3. The van der Waals surface area contributed by atoms with Gasteiger partial charge in [0.15, 0.2) is 0 Å². The molecule has 2 aromatic rings. The largest absolute Gasteiger partial charge is 0.438 e. The molecule has 1 heterocycles. The third-order valence-corrected chi connectivity index (χ3v) is 2.33. The number of carbonyl (C=O) groups excluding carboxylic acids is 1. The minimum atomic E-state index is -0.571. The van der Waals surface area contributed by atoms with Gasteiger partial charge in [0.1, 0.15) is 17.4 Å². The molecule has 0 radical (unpaired) electrons. The Labute approximate surface area is 109 Å². The first-order valence-corrected chi connectivity index (χ1v) is 5.49. The average Bonchev–Trinajstić information content (AvgIpc) is 2.38. The van der Waals surface area contributed by atoms with Crippen LogP contribution < -0.4 is 21.7 Å². The molecule has 7 heteroatoms. The molecule has 0 aliphatic rings. The van der Waals surface area contributed by atoms with Gasteiger partial charge in [-0.05, 0) is 19.1 Å². The van der Waals surface area contributed by atoms with Gasteiger partial charge in [0.05, 0.1) is 5.56 Å². The second-order valence-corrected chi connectivity index (χ2v) is 3.75. The third kappa shape index (κ3) is 2.96. The summed E-state index contributed by atoms with van der Waals surface area (Å²) in [5.74, 6) is 6.22. The zero-order chi connectivity index (χ0) is 13.8. The van der Waals surface area contributed by atoms with Crippen molar-refractivity contribution >= 4 is 11.7 Å². The fourth-order valence-electron chi connectivity index (χ4n) is 1.54. The summed E-state index contributed by atoms with van der Waals surface area (Å²) >= 11 is 0. The summed E-state index contributed by atoms with van der Waals surface area (Å²) in [5.41, 5.74) is 7.96. The van der Waals surface area contributed by atoms with Crippen molar-refractivity contribution in [3.63, 3.8) is 0 Å². The van der Waals surface area contributed by atoms with Crippen LogP contribution in [0.25, 0.3) is 0 Å². The number of para-hydroxylation sites is 1. The van der Waals surface area contributed by atoms with Crippen LogP contribution in [0.4, 0.5) is 5.82 Å². The number of nitrogen functional groups attached to an aromatic ring is 1. The van der Waals surface area contributed by atoms with E-state index >= 15 is 0 Å². The number of nitrogens with zero attached hydrogens (tertiary/aromatic N) is 2. The molecule has 2 rings (SSSR count). The maximum absolute atomic E-state index is 11.3. The number of primary amides is 1. The van der Waals surface area contributed by atoms with Crippen molar-refractivity contribution in [3.8, 4) is 11.6 Å². The number of aryl methyl sites for hydroxylation is 1. The number of aromatic nitrogens is 2. The van der Waals surface area contributed by atoms with Gasteiger partial charge < -0.3 is 15.9 Å². The lowest BCUT2D eigenvalue weighted by atomic mass is 10.2. The Kier molecular flexibility index (Phi) is 3.58. The molecule has 7 nitrogen and oxygen atoms in total. The normalized spacial score (nSPS) is 10.0. The number of anilines is 1. The van der Waals surface area contributed by atoms with E-state index in [0.717, 1.165) is 0 Å². The van der Waals surface area contributed by atoms with Crippen LogP contribution in [-0.2, 0) is 0 Å². The Balaban J connectivity index is 2.36. The molecule has 0 spiro atoms. The Morgan fingerprint density at radius 3 is 2.74 bits per heavy atom. The maximum Gasteiger partial charge on any atom is 0.252 e. The van der Waals surface area contributed by atoms with Gasteiger partial charge in [0.2, 0.25) is 5.88 Å². The summed E-state index contributed by atoms with van der Waals surface area (Å²) in [4.78, 5) is 19.4. The van der Waals surface area contributed by atoms with Crippen molar-refractivity contribution in [2.24, 2.45) is 11.6 Å². The van der Waals surface area contributed by atoms with Crippen molar-refractivity contribution in [2.75, 3.05) is 5.43 Å². The van der Waals surface area contributed by atoms with E-state index in [-0.39, 0.29) is 11.4 Å². The fraction of sp³-hybridized carbons (Fsp3) is 0.0833. The van der Waals surface area contributed by atoms with E-state index in [9.17, 15) is 4.79 Å². The van der Waals surface area contributed by atoms with Gasteiger partial charge in [-0.3, -0.25) is 4.79 Å². The van der Waals surface area contributed by atoms with Crippen molar-refractivity contribution in [3.05, 3.63) is 41.7 Å². The van der Waals surface area contributed by atoms with Gasteiger partial charge in [-0.2, -0.15) is 4.98 Å². The summed E-state index contributed by atoms with van der Waals surface area (Å²) in [6.07, 6.45) is 0. The number of amides is 1. The van der Waals surface area contributed by atoms with Crippen LogP contribution in [-0.4, -0.2) is 15.9 Å². The summed E-state index contributed by atoms with van der Waals surface area (Å²) in [5, 5.41) is 0. The lowest BCUT2D eigenvalue weighted by Gasteiger charge is -2.09. The molecule has 0 saturated carbocycles. The number of nitrogens with one attached hydrogen (secondary N) is 1. The smallest absolute Gasteiger partial charge is 0.252 e. The number of ether oxygens (including phenoxy) is 1. The number of nitrogens with two attached hydrogens (primary N) is 2. The van der Waals surface area contributed by atoms with Gasteiger partial charge in [-0.15, -0.1) is 0 Å². The van der Waals surface area contributed by atoms with E-state index in [0.29, 0.717) is 17.4 Å². The molecule has 1 aromatic heterocycles. The fourth-order valence-corrected chi connectivity index (χ4v) is 1.54. The van der Waals surface area contributed by atoms with Gasteiger partial charge in [-0.25, -0.2) is 10.8 Å². The summed E-state index contributed by atoms with van der Waals surface area (Å²) in [6.45, 7) is 1.70. The van der Waals surface area contributed by atoms with E-state index in [1.165, 1.54) is 6.07 Å². The number of rotatable bonds is 4. The van der Waals surface area contributed by atoms with Gasteiger partial charge in [0, 0.05) is 6.07 Å². The number of benzene rings is 1. The molecule has 0 fully saturated rings. The SMILES string of the molecule is Cc1nc(NN)cc(Oc2ccccc2C(N)=O)n1. The number of hydrogen-bond donors (Lipinski definition) is 3. The van der Waals surface area contributed by atoms with E-state index in [1.807, 2.05) is 0 Å². The molecule has 0 bridgehead atoms. The van der Waals surface area contributed by atoms with Crippen LogP contribution in [0.2, 0.25) is 0 Å². The highest BCUT2D eigenvalue weighted by molar-refractivity contribution is 5.95. The van der Waals surface area contributed by atoms with Crippen LogP contribution in [0, 0.1) is 6.92 Å². The molecule has 19 heavy (non-hydrogen) atoms. The predicted octanol–water partition coefficient (Wildman–Crippen LogP) is 0.962. The zero-order valence-corrected chi connectivity index (χ0v) is 10.3. The van der Waals surface area contributed by atoms with Crippen LogP contribution in [0.5, 0.6) is 11.6 Å². The summed E-state index contributed by atoms with van der Waals surface area (Å²) in [7, 11) is 0. The first kappa shape index (κ1) is 12.8. The third-order valence-electron chi connectivity index (χ3n) is 2.33. The zero-order valence-electron chi connectivity index (χ0n) is 10.3. The second-order valence-electron chi connectivity index (χ2n) is 3.75. The molecule has 0 aliphatic carbocycles. The first-order chi connectivity index (χ1) is 9.10. The molecule has 0 unspecified atom stereocenters. The van der Waals surface area contributed by atoms with Gasteiger partial charge >= 0.3 is 0 Å². The molecular formula is C12H13N5O2. The van der Waals surface area contributed by atoms with Crippen molar-refractivity contribution in [1.29, 1.82) is 0 Å². The Bertz CT molecular complexity index is 615. The van der Waals surface area contributed by atoms with Crippen LogP contribution in [0.1, 0.15) is 16.2 Å². The highest BCUT2D eigenvalue weighted by Gasteiger charge is 2.10. The minimum Gasteiger partial charge on any atom is -0.438 e. The molecule has 0 atom stereocenters. The average molecular weight is 259 g/mol. The van der Waals surface area contributed by atoms with Gasteiger partial charge in [-0.1, -0.05) is 12.1 Å². The van der Waals surface area contributed by atoms with Crippen LogP contribution >= 0.6 is 0 Å². The van der Waals surface area contributed by atoms with E-state index in [2.05, 4.69) is 15.4 Å². The van der Waals surface area contributed by atoms with E-state index in [4.69, 9.17) is 16.3 Å². The predicted molar refractivity (Wildman–Crippen MR) is 69.6 cm³/mol. The molecule has 0 aliphatic heterocycles. The second kappa shape index (κ2) is 5.32. The Morgan fingerprint density at radius 1 is 1.32 bits per heavy atom. The van der Waals surface area contributed by atoms with Crippen molar-refractivity contribution < 1.29 is 9.53 Å². The lowest BCUT2D eigenvalue weighted by Crippen LogP contribution is -2.12. The highest BCUT2D eigenvalue weighted by Crippen LogP contribution is 2.24. The molecule has 0 saturated heterocycles. The number of carbonyl (C=O) groups is 1. The molecule has 5 N–H and O–H groups in total. The molecular weight excluding hydrogens is 246 g/mol. The van der Waals surface area contributed by atoms with Crippen LogP contribution in [0.3, 0.4) is 0 Å². The quantitative estimate of drug-likeness (QED) is 0.556. The lowest BCUT2D eigenvalue weighted by molar-refractivity contribution is 0.0998. The first-order valence-electron chi connectivity index (χ1n) is 5.49. The molecule has 1 amide bonds. The summed E-state index contributed by atoms with van der Waals surface area (Å²) in [6, 6.07) is 8.16. The van der Waals surface area contributed by atoms with E-state index < -0.39 is 5.91 Å². The molecule has 1 aromatic carbocycles. The van der Waals surface area contributed by atoms with Crippen LogP contribution in [0.15, 0.2) is 30.3 Å². The number of hydrogen-bond acceptors (Lipinski definition) is 6. The summed E-state index contributed by atoms with van der Waals surface area (Å²) < 4.78 is 5.55. The highest BCUT2D eigenvalue weighted by atomic mass is 16.5. The van der Waals surface area contributed by atoms with Gasteiger partial charge in [0.25, 0.3) is 5.91 Å². The minimum absolute atomic E-state index is 0.272. The monoisotopic (exact) mass is 259 g/mol. The molecule has 98 valence electrons. The topological polar surface area (TPSA) is 116 Å². The Morgan fingerprint density at radius 2 is 2.05 bits per heavy atom. The standard InChI is InChI=1S/C12H13N5O2/c1-7-15-10(17-14)6-11(16-7)19-9-5-3-2-4-8(9)12(13)18/h2-6H,14H2,1H3,(H2,13,18)(H,15,16,17).